The molecule has 1 aliphatic heterocycles. The van der Waals surface area contributed by atoms with Gasteiger partial charge in [0, 0.05) is 20.0 Å². The van der Waals surface area contributed by atoms with Gasteiger partial charge in [-0.3, -0.25) is 9.59 Å². The van der Waals surface area contributed by atoms with Crippen LogP contribution in [0.4, 0.5) is 0 Å². The molecule has 21 heavy (non-hydrogen) atoms. The van der Waals surface area contributed by atoms with Crippen LogP contribution in [0.1, 0.15) is 44.7 Å². The molecule has 4 nitrogen and oxygen atoms in total. The number of hydrogen-bond donors (Lipinski definition) is 1. The van der Waals surface area contributed by atoms with Gasteiger partial charge in [-0.15, -0.1) is 0 Å². The third-order valence-corrected chi connectivity index (χ3v) is 4.09. The topological polar surface area (TPSA) is 49.4 Å². The average molecular weight is 288 g/mol. The van der Waals surface area contributed by atoms with Gasteiger partial charge in [0.15, 0.2) is 0 Å². The minimum absolute atomic E-state index is 0.107. The summed E-state index contributed by atoms with van der Waals surface area (Å²) < 4.78 is 0. The Hall–Kier alpha value is -1.84. The lowest BCUT2D eigenvalue weighted by Crippen LogP contribution is -2.40. The SMILES string of the molecule is CC(=O)NC(CC(=O)N1CCC(C)CC1)c1ccccc1. The van der Waals surface area contributed by atoms with Gasteiger partial charge in [-0.25, -0.2) is 0 Å². The van der Waals surface area contributed by atoms with Gasteiger partial charge in [0.1, 0.15) is 0 Å². The highest BCUT2D eigenvalue weighted by Gasteiger charge is 2.24. The van der Waals surface area contributed by atoms with Crippen LogP contribution in [0.15, 0.2) is 30.3 Å². The van der Waals surface area contributed by atoms with E-state index in [1.54, 1.807) is 0 Å². The van der Waals surface area contributed by atoms with E-state index in [0.717, 1.165) is 31.5 Å². The summed E-state index contributed by atoms with van der Waals surface area (Å²) in [5.74, 6) is 0.725. The molecule has 114 valence electrons. The number of piperidine rings is 1. The van der Waals surface area contributed by atoms with Crippen LogP contribution in [0.25, 0.3) is 0 Å². The fourth-order valence-electron chi connectivity index (χ4n) is 2.74. The number of nitrogens with zero attached hydrogens (tertiary/aromatic N) is 1. The predicted octanol–water partition coefficient (Wildman–Crippen LogP) is 2.51. The van der Waals surface area contributed by atoms with Crippen LogP contribution in [0, 0.1) is 5.92 Å². The Kier molecular flexibility index (Phi) is 5.37. The van der Waals surface area contributed by atoms with Crippen LogP contribution in [-0.4, -0.2) is 29.8 Å². The highest BCUT2D eigenvalue weighted by molar-refractivity contribution is 5.79. The van der Waals surface area contributed by atoms with E-state index in [0.29, 0.717) is 12.3 Å². The van der Waals surface area contributed by atoms with Crippen LogP contribution >= 0.6 is 0 Å². The van der Waals surface area contributed by atoms with Gasteiger partial charge >= 0.3 is 0 Å². The Balaban J connectivity index is 2.01. The molecule has 1 heterocycles. The summed E-state index contributed by atoms with van der Waals surface area (Å²) in [6, 6.07) is 9.45. The third kappa shape index (κ3) is 4.59. The molecule has 1 aromatic carbocycles. The zero-order chi connectivity index (χ0) is 15.2. The molecule has 4 heteroatoms. The van der Waals surface area contributed by atoms with Crippen LogP contribution in [0.3, 0.4) is 0 Å². The molecule has 0 bridgehead atoms. The number of amides is 2. The summed E-state index contributed by atoms with van der Waals surface area (Å²) in [7, 11) is 0. The first-order valence-electron chi connectivity index (χ1n) is 7.66. The highest BCUT2D eigenvalue weighted by atomic mass is 16.2. The van der Waals surface area contributed by atoms with Crippen molar-refractivity contribution in [3.05, 3.63) is 35.9 Å². The summed E-state index contributed by atoms with van der Waals surface area (Å²) >= 11 is 0. The molecule has 0 saturated carbocycles. The Morgan fingerprint density at radius 3 is 2.43 bits per heavy atom. The number of rotatable bonds is 4. The van der Waals surface area contributed by atoms with Crippen LogP contribution in [0.5, 0.6) is 0 Å². The average Bonchev–Trinajstić information content (AvgIpc) is 2.47. The molecule has 1 aliphatic rings. The second-order valence-electron chi connectivity index (χ2n) is 5.93. The van der Waals surface area contributed by atoms with Gasteiger partial charge in [-0.1, -0.05) is 37.3 Å². The van der Waals surface area contributed by atoms with E-state index in [9.17, 15) is 9.59 Å². The van der Waals surface area contributed by atoms with E-state index < -0.39 is 0 Å². The van der Waals surface area contributed by atoms with Gasteiger partial charge in [0.2, 0.25) is 11.8 Å². The Morgan fingerprint density at radius 2 is 1.86 bits per heavy atom. The minimum atomic E-state index is -0.240. The first kappa shape index (κ1) is 15.5. The van der Waals surface area contributed by atoms with Crippen LogP contribution in [0.2, 0.25) is 0 Å². The molecule has 1 saturated heterocycles. The number of likely N-dealkylation sites (tertiary alicyclic amines) is 1. The van der Waals surface area contributed by atoms with Crippen molar-refractivity contribution < 1.29 is 9.59 Å². The van der Waals surface area contributed by atoms with Crippen molar-refractivity contribution in [3.63, 3.8) is 0 Å². The van der Waals surface area contributed by atoms with E-state index in [4.69, 9.17) is 0 Å². The highest BCUT2D eigenvalue weighted by Crippen LogP contribution is 2.21. The van der Waals surface area contributed by atoms with Crippen molar-refractivity contribution >= 4 is 11.8 Å². The monoisotopic (exact) mass is 288 g/mol. The Morgan fingerprint density at radius 1 is 1.24 bits per heavy atom. The van der Waals surface area contributed by atoms with Crippen molar-refractivity contribution in [3.8, 4) is 0 Å². The molecule has 0 aromatic heterocycles. The summed E-state index contributed by atoms with van der Waals surface area (Å²) in [5, 5.41) is 2.89. The first-order valence-corrected chi connectivity index (χ1v) is 7.66. The summed E-state index contributed by atoms with van der Waals surface area (Å²) in [6.07, 6.45) is 2.47. The molecule has 1 atom stereocenters. The van der Waals surface area contributed by atoms with Crippen molar-refractivity contribution in [2.75, 3.05) is 13.1 Å². The van der Waals surface area contributed by atoms with Gasteiger partial charge in [-0.05, 0) is 24.3 Å². The van der Waals surface area contributed by atoms with Crippen molar-refractivity contribution in [1.29, 1.82) is 0 Å². The van der Waals surface area contributed by atoms with E-state index in [1.807, 2.05) is 35.2 Å². The minimum Gasteiger partial charge on any atom is -0.349 e. The predicted molar refractivity (Wildman–Crippen MR) is 82.6 cm³/mol. The van der Waals surface area contributed by atoms with Crippen molar-refractivity contribution in [1.82, 2.24) is 10.2 Å². The van der Waals surface area contributed by atoms with Crippen LogP contribution < -0.4 is 5.32 Å². The molecule has 0 radical (unpaired) electrons. The Labute approximate surface area is 126 Å². The van der Waals surface area contributed by atoms with Gasteiger partial charge < -0.3 is 10.2 Å². The maximum Gasteiger partial charge on any atom is 0.224 e. The molecule has 1 N–H and O–H groups in total. The number of hydrogen-bond acceptors (Lipinski definition) is 2. The number of carbonyl (C=O) groups excluding carboxylic acids is 2. The molecular weight excluding hydrogens is 264 g/mol. The van der Waals surface area contributed by atoms with Crippen LogP contribution in [-0.2, 0) is 9.59 Å². The molecule has 1 fully saturated rings. The smallest absolute Gasteiger partial charge is 0.224 e. The number of carbonyl (C=O) groups is 2. The third-order valence-electron chi connectivity index (χ3n) is 4.09. The van der Waals surface area contributed by atoms with Gasteiger partial charge in [0.05, 0.1) is 12.5 Å². The Bertz CT molecular complexity index is 479. The lowest BCUT2D eigenvalue weighted by Gasteiger charge is -2.31. The maximum absolute atomic E-state index is 12.4. The van der Waals surface area contributed by atoms with E-state index in [-0.39, 0.29) is 17.9 Å². The van der Waals surface area contributed by atoms with Gasteiger partial charge in [0.25, 0.3) is 0 Å². The fourth-order valence-corrected chi connectivity index (χ4v) is 2.74. The standard InChI is InChI=1S/C17H24N2O2/c1-13-8-10-19(11-9-13)17(21)12-16(18-14(2)20)15-6-4-3-5-7-15/h3-7,13,16H,8-12H2,1-2H3,(H,18,20). The first-order chi connectivity index (χ1) is 10.1. The zero-order valence-electron chi connectivity index (χ0n) is 12.8. The van der Waals surface area contributed by atoms with E-state index >= 15 is 0 Å². The zero-order valence-corrected chi connectivity index (χ0v) is 12.8. The quantitative estimate of drug-likeness (QED) is 0.925. The lowest BCUT2D eigenvalue weighted by atomic mass is 9.97. The fraction of sp³-hybridized carbons (Fsp3) is 0.529. The molecule has 0 aliphatic carbocycles. The summed E-state index contributed by atoms with van der Waals surface area (Å²) in [6.45, 7) is 5.39. The summed E-state index contributed by atoms with van der Waals surface area (Å²) in [4.78, 5) is 25.8. The molecule has 2 amide bonds. The van der Waals surface area contributed by atoms with Gasteiger partial charge in [-0.2, -0.15) is 0 Å². The maximum atomic E-state index is 12.4. The molecule has 1 unspecified atom stereocenters. The number of nitrogens with one attached hydrogen (secondary N) is 1. The van der Waals surface area contributed by atoms with E-state index in [2.05, 4.69) is 12.2 Å². The lowest BCUT2D eigenvalue weighted by molar-refractivity contribution is -0.133. The molecule has 2 rings (SSSR count). The molecule has 1 aromatic rings. The normalized spacial score (nSPS) is 17.3. The molecule has 0 spiro atoms. The van der Waals surface area contributed by atoms with E-state index in [1.165, 1.54) is 6.92 Å². The summed E-state index contributed by atoms with van der Waals surface area (Å²) in [5.41, 5.74) is 0.978. The second kappa shape index (κ2) is 7.25. The van der Waals surface area contributed by atoms with Crippen molar-refractivity contribution in [2.45, 2.75) is 39.2 Å². The largest absolute Gasteiger partial charge is 0.349 e. The number of benzene rings is 1. The second-order valence-corrected chi connectivity index (χ2v) is 5.93. The van der Waals surface area contributed by atoms with Crippen molar-refractivity contribution in [2.24, 2.45) is 5.92 Å². The molecular formula is C17H24N2O2.